The SMILES string of the molecule is Cc1cc(C)c2c(c1)OC1(CCN(C(=O)C3CCN(c4nc(C)cc(C)n4)CC3)CC1)CC2=O. The molecule has 2 aromatic rings. The molecule has 180 valence electrons. The Morgan fingerprint density at radius 3 is 2.26 bits per heavy atom. The molecule has 2 saturated heterocycles. The van der Waals surface area contributed by atoms with Crippen LogP contribution in [-0.4, -0.2) is 58.3 Å². The number of fused-ring (bicyclic) bond motifs is 1. The van der Waals surface area contributed by atoms with Crippen LogP contribution in [0.15, 0.2) is 18.2 Å². The molecule has 7 heteroatoms. The van der Waals surface area contributed by atoms with E-state index in [9.17, 15) is 9.59 Å². The molecular weight excluding hydrogens is 428 g/mol. The lowest BCUT2D eigenvalue weighted by Gasteiger charge is -2.45. The number of benzene rings is 1. The summed E-state index contributed by atoms with van der Waals surface area (Å²) < 4.78 is 6.47. The van der Waals surface area contributed by atoms with E-state index in [2.05, 4.69) is 14.9 Å². The number of likely N-dealkylation sites (tertiary alicyclic amines) is 1. The van der Waals surface area contributed by atoms with Crippen LogP contribution >= 0.6 is 0 Å². The number of anilines is 1. The van der Waals surface area contributed by atoms with Gasteiger partial charge in [-0.05, 0) is 63.8 Å². The van der Waals surface area contributed by atoms with E-state index in [0.717, 1.165) is 65.7 Å². The van der Waals surface area contributed by atoms with Crippen LogP contribution in [0.3, 0.4) is 0 Å². The minimum absolute atomic E-state index is 0.0381. The van der Waals surface area contributed by atoms with E-state index in [-0.39, 0.29) is 17.6 Å². The molecule has 4 heterocycles. The highest BCUT2D eigenvalue weighted by atomic mass is 16.5. The van der Waals surface area contributed by atoms with Crippen LogP contribution in [0.2, 0.25) is 0 Å². The Bertz CT molecular complexity index is 1110. The first-order chi connectivity index (χ1) is 16.2. The molecule has 34 heavy (non-hydrogen) atoms. The van der Waals surface area contributed by atoms with Crippen LogP contribution in [0.4, 0.5) is 5.95 Å². The number of rotatable bonds is 2. The predicted octanol–water partition coefficient (Wildman–Crippen LogP) is 3.95. The van der Waals surface area contributed by atoms with E-state index in [1.54, 1.807) is 0 Å². The van der Waals surface area contributed by atoms with Gasteiger partial charge in [-0.3, -0.25) is 9.59 Å². The summed E-state index contributed by atoms with van der Waals surface area (Å²) in [5, 5.41) is 0. The first kappa shape index (κ1) is 22.8. The number of aromatic nitrogens is 2. The van der Waals surface area contributed by atoms with Crippen LogP contribution in [0.1, 0.15) is 65.0 Å². The maximum Gasteiger partial charge on any atom is 0.225 e. The molecule has 0 unspecified atom stereocenters. The first-order valence-electron chi connectivity index (χ1n) is 12.4. The topological polar surface area (TPSA) is 75.6 Å². The lowest BCUT2D eigenvalue weighted by Crippen LogP contribution is -2.54. The normalized spacial score (nSPS) is 20.3. The van der Waals surface area contributed by atoms with Crippen LogP contribution in [0, 0.1) is 33.6 Å². The number of aryl methyl sites for hydroxylation is 4. The zero-order valence-corrected chi connectivity index (χ0v) is 20.7. The molecule has 0 radical (unpaired) electrons. The van der Waals surface area contributed by atoms with Gasteiger partial charge < -0.3 is 14.5 Å². The number of amides is 1. The fraction of sp³-hybridized carbons (Fsp3) is 0.556. The molecule has 0 atom stereocenters. The van der Waals surface area contributed by atoms with Crippen LogP contribution in [0.5, 0.6) is 5.75 Å². The summed E-state index contributed by atoms with van der Waals surface area (Å²) in [5.41, 5.74) is 4.28. The molecular formula is C27H34N4O3. The van der Waals surface area contributed by atoms with Crippen LogP contribution in [-0.2, 0) is 4.79 Å². The molecule has 0 saturated carbocycles. The quantitative estimate of drug-likeness (QED) is 0.673. The fourth-order valence-electron chi connectivity index (χ4n) is 5.86. The number of nitrogens with zero attached hydrogens (tertiary/aromatic N) is 4. The fourth-order valence-corrected chi connectivity index (χ4v) is 5.86. The van der Waals surface area contributed by atoms with Crippen molar-refractivity contribution in [3.63, 3.8) is 0 Å². The van der Waals surface area contributed by atoms with Crippen molar-refractivity contribution in [2.24, 2.45) is 5.92 Å². The number of carbonyl (C=O) groups excluding carboxylic acids is 2. The highest BCUT2D eigenvalue weighted by Crippen LogP contribution is 2.41. The van der Waals surface area contributed by atoms with Gasteiger partial charge in [-0.15, -0.1) is 0 Å². The van der Waals surface area contributed by atoms with E-state index in [0.29, 0.717) is 32.4 Å². The number of hydrogen-bond donors (Lipinski definition) is 0. The third-order valence-electron chi connectivity index (χ3n) is 7.62. The van der Waals surface area contributed by atoms with Crippen molar-refractivity contribution in [2.75, 3.05) is 31.1 Å². The molecule has 1 aromatic carbocycles. The minimum Gasteiger partial charge on any atom is -0.486 e. The van der Waals surface area contributed by atoms with Crippen molar-refractivity contribution >= 4 is 17.6 Å². The smallest absolute Gasteiger partial charge is 0.225 e. The lowest BCUT2D eigenvalue weighted by atomic mass is 9.81. The van der Waals surface area contributed by atoms with Crippen molar-refractivity contribution in [3.8, 4) is 5.75 Å². The summed E-state index contributed by atoms with van der Waals surface area (Å²) >= 11 is 0. The van der Waals surface area contributed by atoms with Gasteiger partial charge in [0.1, 0.15) is 11.4 Å². The molecule has 7 nitrogen and oxygen atoms in total. The summed E-state index contributed by atoms with van der Waals surface area (Å²) in [6.45, 7) is 10.9. The second-order valence-corrected chi connectivity index (χ2v) is 10.4. The summed E-state index contributed by atoms with van der Waals surface area (Å²) in [6.07, 6.45) is 3.44. The third kappa shape index (κ3) is 4.28. The van der Waals surface area contributed by atoms with Gasteiger partial charge in [0, 0.05) is 56.3 Å². The van der Waals surface area contributed by atoms with E-state index in [1.807, 2.05) is 50.8 Å². The Balaban J connectivity index is 1.19. The van der Waals surface area contributed by atoms with E-state index in [1.165, 1.54) is 0 Å². The summed E-state index contributed by atoms with van der Waals surface area (Å²) in [6, 6.07) is 6.00. The maximum absolute atomic E-state index is 13.3. The molecule has 2 fully saturated rings. The van der Waals surface area contributed by atoms with Gasteiger partial charge in [-0.1, -0.05) is 6.07 Å². The number of Topliss-reactive ketones (excluding diaryl/α,β-unsaturated/α-hetero) is 1. The summed E-state index contributed by atoms with van der Waals surface area (Å²) in [5.74, 6) is 1.93. The number of ketones is 1. The van der Waals surface area contributed by atoms with Crippen LogP contribution < -0.4 is 9.64 Å². The molecule has 1 spiro atoms. The average molecular weight is 463 g/mol. The standard InChI is InChI=1S/C27H34N4O3/c1-17-13-18(2)24-22(32)16-27(34-23(24)14-17)7-11-30(12-8-27)25(33)21-5-9-31(10-6-21)26-28-19(3)15-20(4)29-26/h13-15,21H,5-12,16H2,1-4H3. The predicted molar refractivity (Wildman–Crippen MR) is 130 cm³/mol. The highest BCUT2D eigenvalue weighted by molar-refractivity contribution is 6.01. The van der Waals surface area contributed by atoms with E-state index < -0.39 is 5.60 Å². The average Bonchev–Trinajstić information content (AvgIpc) is 2.78. The molecule has 5 rings (SSSR count). The Hall–Kier alpha value is -2.96. The van der Waals surface area contributed by atoms with Crippen molar-refractivity contribution in [2.45, 2.75) is 65.4 Å². The van der Waals surface area contributed by atoms with E-state index >= 15 is 0 Å². The van der Waals surface area contributed by atoms with Gasteiger partial charge in [0.2, 0.25) is 11.9 Å². The van der Waals surface area contributed by atoms with Gasteiger partial charge in [0.25, 0.3) is 0 Å². The zero-order valence-electron chi connectivity index (χ0n) is 20.7. The zero-order chi connectivity index (χ0) is 24.0. The van der Waals surface area contributed by atoms with Crippen molar-refractivity contribution in [3.05, 3.63) is 46.3 Å². The van der Waals surface area contributed by atoms with Gasteiger partial charge >= 0.3 is 0 Å². The second kappa shape index (κ2) is 8.67. The molecule has 0 bridgehead atoms. The van der Waals surface area contributed by atoms with E-state index in [4.69, 9.17) is 4.74 Å². The van der Waals surface area contributed by atoms with Gasteiger partial charge in [0.15, 0.2) is 5.78 Å². The Morgan fingerprint density at radius 2 is 1.62 bits per heavy atom. The van der Waals surface area contributed by atoms with Gasteiger partial charge in [-0.25, -0.2) is 9.97 Å². The minimum atomic E-state index is -0.481. The molecule has 0 aliphatic carbocycles. The first-order valence-corrected chi connectivity index (χ1v) is 12.4. The van der Waals surface area contributed by atoms with Crippen molar-refractivity contribution in [1.29, 1.82) is 0 Å². The van der Waals surface area contributed by atoms with Crippen LogP contribution in [0.25, 0.3) is 0 Å². The number of piperidine rings is 2. The molecule has 3 aliphatic rings. The molecule has 1 amide bonds. The van der Waals surface area contributed by atoms with Gasteiger partial charge in [-0.2, -0.15) is 0 Å². The largest absolute Gasteiger partial charge is 0.486 e. The summed E-state index contributed by atoms with van der Waals surface area (Å²) in [7, 11) is 0. The molecule has 1 aromatic heterocycles. The maximum atomic E-state index is 13.3. The third-order valence-corrected chi connectivity index (χ3v) is 7.62. The van der Waals surface area contributed by atoms with Crippen molar-refractivity contribution in [1.82, 2.24) is 14.9 Å². The molecule has 0 N–H and O–H groups in total. The van der Waals surface area contributed by atoms with Crippen molar-refractivity contribution < 1.29 is 14.3 Å². The highest BCUT2D eigenvalue weighted by Gasteiger charge is 2.45. The second-order valence-electron chi connectivity index (χ2n) is 10.4. The lowest BCUT2D eigenvalue weighted by molar-refractivity contribution is -0.139. The Labute approximate surface area is 201 Å². The number of hydrogen-bond acceptors (Lipinski definition) is 6. The van der Waals surface area contributed by atoms with Gasteiger partial charge in [0.05, 0.1) is 12.0 Å². The molecule has 3 aliphatic heterocycles. The monoisotopic (exact) mass is 462 g/mol. The number of carbonyl (C=O) groups is 2. The summed E-state index contributed by atoms with van der Waals surface area (Å²) in [4.78, 5) is 39.6. The Kier molecular flexibility index (Phi) is 5.82. The number of ether oxygens (including phenoxy) is 1. The Morgan fingerprint density at radius 1 is 0.971 bits per heavy atom.